The predicted molar refractivity (Wildman–Crippen MR) is 97.7 cm³/mol. The fraction of sp³-hybridized carbons (Fsp3) is 0.235. The molecule has 0 fully saturated rings. The minimum absolute atomic E-state index is 0.0468. The van der Waals surface area contributed by atoms with Crippen LogP contribution in [0.15, 0.2) is 47.4 Å². The average molecular weight is 419 g/mol. The van der Waals surface area contributed by atoms with Crippen LogP contribution < -0.4 is 14.8 Å². The summed E-state index contributed by atoms with van der Waals surface area (Å²) in [5.74, 6) is -0.484. The molecule has 0 spiro atoms. The zero-order chi connectivity index (χ0) is 20.0. The summed E-state index contributed by atoms with van der Waals surface area (Å²) < 4.78 is 54.1. The van der Waals surface area contributed by atoms with Crippen LogP contribution in [0, 0.1) is 0 Å². The summed E-state index contributed by atoms with van der Waals surface area (Å²) >= 11 is 5.83. The van der Waals surface area contributed by atoms with Crippen LogP contribution >= 0.6 is 11.6 Å². The first kappa shape index (κ1) is 21.1. The molecule has 2 aromatic carbocycles. The van der Waals surface area contributed by atoms with Crippen LogP contribution in [0.2, 0.25) is 5.02 Å². The number of alkyl halides is 2. The van der Waals surface area contributed by atoms with Crippen molar-refractivity contribution in [3.05, 3.63) is 53.1 Å². The normalized spacial score (nSPS) is 11.4. The van der Waals surface area contributed by atoms with Crippen molar-refractivity contribution in [1.29, 1.82) is 0 Å². The molecule has 0 radical (unpaired) electrons. The van der Waals surface area contributed by atoms with E-state index in [0.29, 0.717) is 12.1 Å². The molecule has 0 aromatic heterocycles. The number of carbonyl (C=O) groups is 1. The highest BCUT2D eigenvalue weighted by Crippen LogP contribution is 2.29. The van der Waals surface area contributed by atoms with Crippen molar-refractivity contribution < 1.29 is 26.7 Å². The standard InChI is InChI=1S/C17H17ClF2N2O4S/c1-21-27(24,25)13-6-2-11(3-7-13)4-9-16(23)22-12-5-8-15(14(18)10-12)26-17(19)20/h2-3,5-8,10,17,21H,4,9H2,1H3,(H,22,23). The SMILES string of the molecule is CNS(=O)(=O)c1ccc(CCC(=O)Nc2ccc(OC(F)F)c(Cl)c2)cc1. The molecular weight excluding hydrogens is 402 g/mol. The first-order valence-electron chi connectivity index (χ1n) is 7.78. The van der Waals surface area contributed by atoms with Gasteiger partial charge in [0, 0.05) is 12.1 Å². The summed E-state index contributed by atoms with van der Waals surface area (Å²) in [6.07, 6.45) is 0.539. The highest BCUT2D eigenvalue weighted by Gasteiger charge is 2.12. The van der Waals surface area contributed by atoms with Gasteiger partial charge in [0.25, 0.3) is 0 Å². The van der Waals surface area contributed by atoms with Gasteiger partial charge in [-0.05, 0) is 49.4 Å². The van der Waals surface area contributed by atoms with E-state index in [0.717, 1.165) is 5.56 Å². The maximum Gasteiger partial charge on any atom is 0.387 e. The molecule has 0 atom stereocenters. The van der Waals surface area contributed by atoms with E-state index in [9.17, 15) is 22.0 Å². The number of aryl methyl sites for hydroxylation is 1. The van der Waals surface area contributed by atoms with Crippen LogP contribution in [0.4, 0.5) is 14.5 Å². The molecule has 2 rings (SSSR count). The number of rotatable bonds is 8. The minimum atomic E-state index is -3.50. The van der Waals surface area contributed by atoms with Gasteiger partial charge in [-0.2, -0.15) is 8.78 Å². The number of anilines is 1. The summed E-state index contributed by atoms with van der Waals surface area (Å²) in [5.41, 5.74) is 1.14. The summed E-state index contributed by atoms with van der Waals surface area (Å²) in [6.45, 7) is -2.99. The van der Waals surface area contributed by atoms with Crippen LogP contribution in [0.3, 0.4) is 0 Å². The van der Waals surface area contributed by atoms with Crippen molar-refractivity contribution in [3.8, 4) is 5.75 Å². The monoisotopic (exact) mass is 418 g/mol. The molecule has 146 valence electrons. The fourth-order valence-electron chi connectivity index (χ4n) is 2.20. The third-order valence-electron chi connectivity index (χ3n) is 3.57. The van der Waals surface area contributed by atoms with Crippen molar-refractivity contribution in [2.45, 2.75) is 24.3 Å². The van der Waals surface area contributed by atoms with Gasteiger partial charge in [-0.3, -0.25) is 4.79 Å². The Morgan fingerprint density at radius 1 is 1.19 bits per heavy atom. The van der Waals surface area contributed by atoms with Crippen molar-refractivity contribution >= 4 is 33.2 Å². The quantitative estimate of drug-likeness (QED) is 0.688. The lowest BCUT2D eigenvalue weighted by atomic mass is 10.1. The molecule has 10 heteroatoms. The highest BCUT2D eigenvalue weighted by molar-refractivity contribution is 7.89. The first-order chi connectivity index (χ1) is 12.7. The van der Waals surface area contributed by atoms with E-state index in [1.165, 1.54) is 37.4 Å². The molecule has 0 aliphatic carbocycles. The Balaban J connectivity index is 1.92. The van der Waals surface area contributed by atoms with E-state index < -0.39 is 16.6 Å². The van der Waals surface area contributed by atoms with E-state index in [4.69, 9.17) is 11.6 Å². The van der Waals surface area contributed by atoms with E-state index in [1.54, 1.807) is 12.1 Å². The molecule has 0 saturated heterocycles. The Kier molecular flexibility index (Phi) is 7.11. The number of hydrogen-bond acceptors (Lipinski definition) is 4. The lowest BCUT2D eigenvalue weighted by Crippen LogP contribution is -2.18. The van der Waals surface area contributed by atoms with Crippen LogP contribution in [-0.4, -0.2) is 28.0 Å². The van der Waals surface area contributed by atoms with Gasteiger partial charge in [-0.15, -0.1) is 0 Å². The van der Waals surface area contributed by atoms with Crippen molar-refractivity contribution in [2.24, 2.45) is 0 Å². The van der Waals surface area contributed by atoms with Gasteiger partial charge in [-0.25, -0.2) is 13.1 Å². The van der Waals surface area contributed by atoms with Crippen LogP contribution in [0.25, 0.3) is 0 Å². The van der Waals surface area contributed by atoms with E-state index in [2.05, 4.69) is 14.8 Å². The molecule has 6 nitrogen and oxygen atoms in total. The van der Waals surface area contributed by atoms with E-state index in [1.807, 2.05) is 0 Å². The van der Waals surface area contributed by atoms with E-state index in [-0.39, 0.29) is 28.0 Å². The molecule has 0 saturated carbocycles. The lowest BCUT2D eigenvalue weighted by Gasteiger charge is -2.10. The Morgan fingerprint density at radius 3 is 2.41 bits per heavy atom. The smallest absolute Gasteiger partial charge is 0.387 e. The van der Waals surface area contributed by atoms with Gasteiger partial charge in [0.1, 0.15) is 5.75 Å². The lowest BCUT2D eigenvalue weighted by molar-refractivity contribution is -0.116. The number of halogens is 3. The minimum Gasteiger partial charge on any atom is -0.433 e. The summed E-state index contributed by atoms with van der Waals surface area (Å²) in [7, 11) is -2.18. The Hall–Kier alpha value is -2.23. The van der Waals surface area contributed by atoms with Crippen LogP contribution in [0.5, 0.6) is 5.75 Å². The zero-order valence-electron chi connectivity index (χ0n) is 14.2. The third-order valence-corrected chi connectivity index (χ3v) is 5.30. The zero-order valence-corrected chi connectivity index (χ0v) is 15.8. The molecule has 0 aliphatic rings. The molecular formula is C17H17ClF2N2O4S. The molecule has 0 heterocycles. The summed E-state index contributed by atoms with van der Waals surface area (Å²) in [4.78, 5) is 12.2. The highest BCUT2D eigenvalue weighted by atomic mass is 35.5. The molecule has 27 heavy (non-hydrogen) atoms. The number of sulfonamides is 1. The van der Waals surface area contributed by atoms with Crippen molar-refractivity contribution in [1.82, 2.24) is 4.72 Å². The molecule has 2 aromatic rings. The predicted octanol–water partition coefficient (Wildman–Crippen LogP) is 3.42. The number of nitrogens with one attached hydrogen (secondary N) is 2. The van der Waals surface area contributed by atoms with Gasteiger partial charge >= 0.3 is 6.61 Å². The summed E-state index contributed by atoms with van der Waals surface area (Å²) in [6, 6.07) is 10.1. The Morgan fingerprint density at radius 2 is 1.85 bits per heavy atom. The van der Waals surface area contributed by atoms with Crippen LogP contribution in [-0.2, 0) is 21.2 Å². The maximum absolute atomic E-state index is 12.2. The Labute approximate surface area is 160 Å². The average Bonchev–Trinajstić information content (AvgIpc) is 2.62. The van der Waals surface area contributed by atoms with Gasteiger partial charge < -0.3 is 10.1 Å². The van der Waals surface area contributed by atoms with Crippen LogP contribution in [0.1, 0.15) is 12.0 Å². The maximum atomic E-state index is 12.2. The second-order valence-corrected chi connectivity index (χ2v) is 7.72. The topological polar surface area (TPSA) is 84.5 Å². The van der Waals surface area contributed by atoms with Gasteiger partial charge in [0.15, 0.2) is 0 Å². The number of amides is 1. The van der Waals surface area contributed by atoms with E-state index >= 15 is 0 Å². The molecule has 0 aliphatic heterocycles. The van der Waals surface area contributed by atoms with Gasteiger partial charge in [0.05, 0.1) is 9.92 Å². The molecule has 0 bridgehead atoms. The van der Waals surface area contributed by atoms with Crippen molar-refractivity contribution in [2.75, 3.05) is 12.4 Å². The second-order valence-electron chi connectivity index (χ2n) is 5.42. The Bertz CT molecular complexity index is 906. The molecule has 0 unspecified atom stereocenters. The van der Waals surface area contributed by atoms with Crippen molar-refractivity contribution in [3.63, 3.8) is 0 Å². The molecule has 1 amide bonds. The number of ether oxygens (including phenoxy) is 1. The number of benzene rings is 2. The first-order valence-corrected chi connectivity index (χ1v) is 9.64. The summed E-state index contributed by atoms with van der Waals surface area (Å²) in [5, 5.41) is 2.56. The van der Waals surface area contributed by atoms with Gasteiger partial charge in [0.2, 0.25) is 15.9 Å². The number of carbonyl (C=O) groups excluding carboxylic acids is 1. The van der Waals surface area contributed by atoms with Gasteiger partial charge in [-0.1, -0.05) is 23.7 Å². The second kappa shape index (κ2) is 9.12. The third kappa shape index (κ3) is 6.16. The number of hydrogen-bond donors (Lipinski definition) is 2. The molecule has 2 N–H and O–H groups in total. The fourth-order valence-corrected chi connectivity index (χ4v) is 3.16. The largest absolute Gasteiger partial charge is 0.433 e.